The highest BCUT2D eigenvalue weighted by Gasteiger charge is 2.30. The first-order valence-corrected chi connectivity index (χ1v) is 11.0. The molecule has 34 heavy (non-hydrogen) atoms. The molecule has 10 heteroatoms. The summed E-state index contributed by atoms with van der Waals surface area (Å²) in [5, 5.41) is 13.6. The molecule has 4 aromatic rings. The van der Waals surface area contributed by atoms with Crippen molar-refractivity contribution in [3.63, 3.8) is 0 Å². The van der Waals surface area contributed by atoms with E-state index in [0.717, 1.165) is 22.6 Å². The number of benzene rings is 2. The van der Waals surface area contributed by atoms with E-state index in [1.165, 1.54) is 23.7 Å². The first kappa shape index (κ1) is 23.5. The second-order valence-electron chi connectivity index (χ2n) is 7.54. The molecule has 0 aliphatic heterocycles. The summed E-state index contributed by atoms with van der Waals surface area (Å²) in [7, 11) is 0. The largest absolute Gasteiger partial charge is 0.488 e. The van der Waals surface area contributed by atoms with E-state index in [4.69, 9.17) is 9.26 Å². The molecule has 0 amide bonds. The van der Waals surface area contributed by atoms with Gasteiger partial charge in [0.05, 0.1) is 28.2 Å². The highest BCUT2D eigenvalue weighted by molar-refractivity contribution is 7.15. The molecule has 0 unspecified atom stereocenters. The van der Waals surface area contributed by atoms with E-state index < -0.39 is 23.6 Å². The molecule has 1 atom stereocenters. The van der Waals surface area contributed by atoms with Gasteiger partial charge in [0.2, 0.25) is 0 Å². The smallest absolute Gasteiger partial charge is 0.416 e. The van der Waals surface area contributed by atoms with Crippen LogP contribution in [0.15, 0.2) is 65.4 Å². The van der Waals surface area contributed by atoms with Crippen LogP contribution in [-0.2, 0) is 17.6 Å². The van der Waals surface area contributed by atoms with Crippen LogP contribution in [0, 0.1) is 6.92 Å². The lowest BCUT2D eigenvalue weighted by atomic mass is 9.92. The number of aromatic nitrogens is 2. The van der Waals surface area contributed by atoms with E-state index in [-0.39, 0.29) is 13.0 Å². The van der Waals surface area contributed by atoms with Gasteiger partial charge in [0.15, 0.2) is 0 Å². The van der Waals surface area contributed by atoms with Gasteiger partial charge in [-0.25, -0.2) is 4.98 Å². The van der Waals surface area contributed by atoms with Gasteiger partial charge in [0, 0.05) is 17.5 Å². The number of thiazole rings is 1. The number of aryl methyl sites for hydroxylation is 1. The predicted octanol–water partition coefficient (Wildman–Crippen LogP) is 6.31. The van der Waals surface area contributed by atoms with E-state index in [1.807, 2.05) is 0 Å². The van der Waals surface area contributed by atoms with E-state index in [1.54, 1.807) is 43.3 Å². The zero-order valence-electron chi connectivity index (χ0n) is 17.9. The molecule has 176 valence electrons. The highest BCUT2D eigenvalue weighted by Crippen LogP contribution is 2.35. The third kappa shape index (κ3) is 5.45. The van der Waals surface area contributed by atoms with Crippen LogP contribution in [0.4, 0.5) is 13.2 Å². The summed E-state index contributed by atoms with van der Waals surface area (Å²) in [6.45, 7) is 1.98. The maximum atomic E-state index is 13.0. The van der Waals surface area contributed by atoms with Gasteiger partial charge >= 0.3 is 12.1 Å². The van der Waals surface area contributed by atoms with Gasteiger partial charge in [-0.05, 0) is 36.8 Å². The van der Waals surface area contributed by atoms with Gasteiger partial charge in [-0.2, -0.15) is 13.2 Å². The lowest BCUT2D eigenvalue weighted by Crippen LogP contribution is -2.08. The number of carboxylic acid groups (broad SMARTS) is 1. The molecule has 0 saturated heterocycles. The lowest BCUT2D eigenvalue weighted by molar-refractivity contribution is -0.138. The zero-order chi connectivity index (χ0) is 24.3. The normalized spacial score (nSPS) is 12.5. The number of nitrogens with zero attached hydrogens (tertiary/aromatic N) is 2. The molecule has 0 spiro atoms. The Labute approximate surface area is 196 Å². The van der Waals surface area contributed by atoms with Gasteiger partial charge in [0.25, 0.3) is 0 Å². The summed E-state index contributed by atoms with van der Waals surface area (Å²) in [5.41, 5.74) is 1.64. The number of ether oxygens (including phenoxy) is 1. The van der Waals surface area contributed by atoms with Crippen molar-refractivity contribution in [2.75, 3.05) is 0 Å². The maximum absolute atomic E-state index is 13.0. The first-order chi connectivity index (χ1) is 16.2. The van der Waals surface area contributed by atoms with Crippen molar-refractivity contribution in [2.45, 2.75) is 32.0 Å². The minimum Gasteiger partial charge on any atom is -0.488 e. The summed E-state index contributed by atoms with van der Waals surface area (Å²) in [4.78, 5) is 16.5. The van der Waals surface area contributed by atoms with Crippen LogP contribution < -0.4 is 4.74 Å². The number of hydrogen-bond acceptors (Lipinski definition) is 6. The molecular formula is C24H19F3N2O4S. The van der Waals surface area contributed by atoms with Crippen LogP contribution in [0.5, 0.6) is 5.75 Å². The molecule has 1 N–H and O–H groups in total. The second kappa shape index (κ2) is 9.68. The van der Waals surface area contributed by atoms with Crippen molar-refractivity contribution >= 4 is 17.3 Å². The molecule has 0 bridgehead atoms. The summed E-state index contributed by atoms with van der Waals surface area (Å²) >= 11 is 1.28. The SMILES string of the molecule is Cc1nc(-c2cccc(C(F)(F)F)c2)sc1COc1ccc([C@H](CC(=O)O)c2ccon2)cc1. The van der Waals surface area contributed by atoms with Gasteiger partial charge in [-0.3, -0.25) is 4.79 Å². The maximum Gasteiger partial charge on any atom is 0.416 e. The Balaban J connectivity index is 1.46. The van der Waals surface area contributed by atoms with Gasteiger partial charge < -0.3 is 14.4 Å². The summed E-state index contributed by atoms with van der Waals surface area (Å²) in [6, 6.07) is 13.7. The minimum absolute atomic E-state index is 0.134. The van der Waals surface area contributed by atoms with E-state index in [2.05, 4.69) is 10.1 Å². The van der Waals surface area contributed by atoms with Crippen molar-refractivity contribution in [2.24, 2.45) is 0 Å². The van der Waals surface area contributed by atoms with Crippen molar-refractivity contribution in [3.05, 3.63) is 88.3 Å². The van der Waals surface area contributed by atoms with Crippen LogP contribution in [0.25, 0.3) is 10.6 Å². The summed E-state index contributed by atoms with van der Waals surface area (Å²) in [5.74, 6) is -0.846. The first-order valence-electron chi connectivity index (χ1n) is 10.2. The zero-order valence-corrected chi connectivity index (χ0v) is 18.7. The quantitative estimate of drug-likeness (QED) is 0.313. The van der Waals surface area contributed by atoms with Crippen LogP contribution >= 0.6 is 11.3 Å². The molecule has 2 heterocycles. The highest BCUT2D eigenvalue weighted by atomic mass is 32.1. The topological polar surface area (TPSA) is 85.5 Å². The number of carbonyl (C=O) groups is 1. The van der Waals surface area contributed by atoms with Crippen LogP contribution in [-0.4, -0.2) is 21.2 Å². The Bertz CT molecular complexity index is 1270. The monoisotopic (exact) mass is 488 g/mol. The molecule has 6 nitrogen and oxygen atoms in total. The van der Waals surface area contributed by atoms with Crippen LogP contribution in [0.3, 0.4) is 0 Å². The Hall–Kier alpha value is -3.66. The fraction of sp³-hybridized carbons (Fsp3) is 0.208. The molecule has 0 fully saturated rings. The third-order valence-electron chi connectivity index (χ3n) is 5.18. The van der Waals surface area contributed by atoms with E-state index in [9.17, 15) is 23.1 Å². The average molecular weight is 488 g/mol. The van der Waals surface area contributed by atoms with Gasteiger partial charge in [0.1, 0.15) is 23.6 Å². The Morgan fingerprint density at radius 1 is 1.18 bits per heavy atom. The van der Waals surface area contributed by atoms with Crippen LogP contribution in [0.2, 0.25) is 0 Å². The number of rotatable bonds is 8. The number of hydrogen-bond donors (Lipinski definition) is 1. The van der Waals surface area contributed by atoms with E-state index in [0.29, 0.717) is 27.7 Å². The molecule has 4 rings (SSSR count). The number of carboxylic acids is 1. The Kier molecular flexibility index (Phi) is 6.69. The van der Waals surface area contributed by atoms with Gasteiger partial charge in [-0.1, -0.05) is 29.4 Å². The predicted molar refractivity (Wildman–Crippen MR) is 119 cm³/mol. The molecule has 2 aromatic carbocycles. The van der Waals surface area contributed by atoms with Crippen molar-refractivity contribution in [3.8, 4) is 16.3 Å². The standard InChI is InChI=1S/C24H19F3N2O4S/c1-14-21(34-23(28-14)16-3-2-4-17(11-16)24(25,26)27)13-32-18-7-5-15(6-8-18)19(12-22(30)31)20-9-10-33-29-20/h2-11,19H,12-13H2,1H3,(H,30,31)/t19-/m0/s1. The summed E-state index contributed by atoms with van der Waals surface area (Å²) < 4.78 is 49.8. The fourth-order valence-electron chi connectivity index (χ4n) is 3.43. The molecule has 2 aromatic heterocycles. The Morgan fingerprint density at radius 3 is 2.59 bits per heavy atom. The van der Waals surface area contributed by atoms with Crippen molar-refractivity contribution in [1.82, 2.24) is 10.1 Å². The molecule has 0 aliphatic carbocycles. The fourth-order valence-corrected chi connectivity index (χ4v) is 4.40. The second-order valence-corrected chi connectivity index (χ2v) is 8.62. The molecule has 0 aliphatic rings. The summed E-state index contributed by atoms with van der Waals surface area (Å²) in [6.07, 6.45) is -3.16. The Morgan fingerprint density at radius 2 is 1.94 bits per heavy atom. The molecular weight excluding hydrogens is 469 g/mol. The average Bonchev–Trinajstić information content (AvgIpc) is 3.46. The molecule has 0 radical (unpaired) electrons. The van der Waals surface area contributed by atoms with Crippen molar-refractivity contribution < 1.29 is 32.3 Å². The number of alkyl halides is 3. The minimum atomic E-state index is -4.42. The molecule has 0 saturated carbocycles. The van der Waals surface area contributed by atoms with Gasteiger partial charge in [-0.15, -0.1) is 11.3 Å². The number of aliphatic carboxylic acids is 1. The number of halogens is 3. The third-order valence-corrected chi connectivity index (χ3v) is 6.36. The van der Waals surface area contributed by atoms with Crippen molar-refractivity contribution in [1.29, 1.82) is 0 Å². The van der Waals surface area contributed by atoms with Crippen LogP contribution in [0.1, 0.15) is 39.7 Å². The lowest BCUT2D eigenvalue weighted by Gasteiger charge is -2.13. The van der Waals surface area contributed by atoms with E-state index >= 15 is 0 Å².